The topological polar surface area (TPSA) is 107 Å². The number of fused-ring (bicyclic) bond motifs is 1. The number of aryl methyl sites for hydroxylation is 1. The number of alkyl halides is 3. The number of benzene rings is 1. The van der Waals surface area contributed by atoms with Crippen molar-refractivity contribution in [2.75, 3.05) is 13.1 Å². The summed E-state index contributed by atoms with van der Waals surface area (Å²) in [5.74, 6) is -0.547. The quantitative estimate of drug-likeness (QED) is 0.535. The van der Waals surface area contributed by atoms with Gasteiger partial charge in [-0.2, -0.15) is 13.2 Å². The highest BCUT2D eigenvalue weighted by Gasteiger charge is 2.46. The first kappa shape index (κ1) is 24.6. The van der Waals surface area contributed by atoms with Crippen LogP contribution in [0.4, 0.5) is 18.0 Å². The fourth-order valence-corrected chi connectivity index (χ4v) is 5.44. The van der Waals surface area contributed by atoms with Crippen molar-refractivity contribution < 1.29 is 22.8 Å². The fourth-order valence-electron chi connectivity index (χ4n) is 5.44. The van der Waals surface area contributed by atoms with Gasteiger partial charge in [-0.3, -0.25) is 4.79 Å². The number of hydrogen-bond donors (Lipinski definition) is 2. The van der Waals surface area contributed by atoms with Gasteiger partial charge >= 0.3 is 12.2 Å². The molecule has 7 nitrogen and oxygen atoms in total. The molecule has 3 aromatic rings. The Labute approximate surface area is 211 Å². The van der Waals surface area contributed by atoms with Crippen molar-refractivity contribution in [3.63, 3.8) is 0 Å². The standard InChI is InChI=1S/C27H26F3N5O2/c28-27(29,30)18-5-3-4-17(14-18)20-8-11-26(24(31)36,22-16-35(25(32)37)13-9-21(20)22)10-7-19-15-34-12-2-1-6-23(34)33-19/h1-6,8,12,14-15H,7,9-11,13,16H2,(H2,31,36)(H2,32,37). The van der Waals surface area contributed by atoms with Gasteiger partial charge in [-0.05, 0) is 72.2 Å². The van der Waals surface area contributed by atoms with E-state index in [2.05, 4.69) is 4.98 Å². The van der Waals surface area contributed by atoms with Gasteiger partial charge in [0, 0.05) is 25.5 Å². The van der Waals surface area contributed by atoms with E-state index >= 15 is 0 Å². The van der Waals surface area contributed by atoms with Crippen LogP contribution in [0, 0.1) is 5.41 Å². The molecule has 5 rings (SSSR count). The number of primary amides is 2. The Balaban J connectivity index is 1.55. The maximum Gasteiger partial charge on any atom is 0.416 e. The van der Waals surface area contributed by atoms with Gasteiger partial charge < -0.3 is 20.8 Å². The van der Waals surface area contributed by atoms with Crippen LogP contribution in [0.5, 0.6) is 0 Å². The largest absolute Gasteiger partial charge is 0.416 e. The second kappa shape index (κ2) is 9.10. The molecular weight excluding hydrogens is 483 g/mol. The van der Waals surface area contributed by atoms with Crippen LogP contribution < -0.4 is 11.5 Å². The molecule has 192 valence electrons. The van der Waals surface area contributed by atoms with Crippen molar-refractivity contribution in [1.82, 2.24) is 14.3 Å². The van der Waals surface area contributed by atoms with Crippen LogP contribution in [0.2, 0.25) is 0 Å². The van der Waals surface area contributed by atoms with Crippen molar-refractivity contribution in [1.29, 1.82) is 0 Å². The zero-order valence-corrected chi connectivity index (χ0v) is 20.0. The van der Waals surface area contributed by atoms with Crippen LogP contribution in [0.25, 0.3) is 11.2 Å². The van der Waals surface area contributed by atoms with Gasteiger partial charge in [0.15, 0.2) is 0 Å². The highest BCUT2D eigenvalue weighted by atomic mass is 19.4. The van der Waals surface area contributed by atoms with E-state index in [-0.39, 0.29) is 13.0 Å². The van der Waals surface area contributed by atoms with E-state index in [0.717, 1.165) is 29.0 Å². The van der Waals surface area contributed by atoms with E-state index in [1.165, 1.54) is 11.0 Å². The highest BCUT2D eigenvalue weighted by Crippen LogP contribution is 2.49. The van der Waals surface area contributed by atoms with Gasteiger partial charge in [0.2, 0.25) is 5.91 Å². The average Bonchev–Trinajstić information content (AvgIpc) is 3.29. The first-order chi connectivity index (χ1) is 17.6. The van der Waals surface area contributed by atoms with E-state index in [1.54, 1.807) is 6.07 Å². The molecule has 0 spiro atoms. The molecule has 0 radical (unpaired) electrons. The van der Waals surface area contributed by atoms with Gasteiger partial charge in [-0.1, -0.05) is 24.3 Å². The maximum absolute atomic E-state index is 13.4. The van der Waals surface area contributed by atoms with Gasteiger partial charge in [0.25, 0.3) is 0 Å². The molecule has 0 saturated heterocycles. The number of imidazole rings is 1. The average molecular weight is 510 g/mol. The maximum atomic E-state index is 13.4. The number of amides is 3. The summed E-state index contributed by atoms with van der Waals surface area (Å²) in [7, 11) is 0. The first-order valence-electron chi connectivity index (χ1n) is 12.0. The summed E-state index contributed by atoms with van der Waals surface area (Å²) in [4.78, 5) is 31.2. The summed E-state index contributed by atoms with van der Waals surface area (Å²) in [5.41, 5.74) is 13.7. The van der Waals surface area contributed by atoms with Crippen molar-refractivity contribution >= 4 is 23.2 Å². The Morgan fingerprint density at radius 3 is 2.62 bits per heavy atom. The molecule has 0 bridgehead atoms. The highest BCUT2D eigenvalue weighted by molar-refractivity contribution is 5.91. The number of nitrogens with zero attached hydrogens (tertiary/aromatic N) is 3. The molecule has 2 aliphatic rings. The van der Waals surface area contributed by atoms with Crippen molar-refractivity contribution in [3.8, 4) is 0 Å². The number of halogens is 3. The molecule has 1 atom stereocenters. The molecule has 0 saturated carbocycles. The lowest BCUT2D eigenvalue weighted by Crippen LogP contribution is -2.49. The van der Waals surface area contributed by atoms with Gasteiger partial charge in [0.1, 0.15) is 5.65 Å². The Morgan fingerprint density at radius 2 is 1.92 bits per heavy atom. The van der Waals surface area contributed by atoms with Gasteiger partial charge in [-0.15, -0.1) is 0 Å². The van der Waals surface area contributed by atoms with Crippen LogP contribution in [0.3, 0.4) is 0 Å². The number of rotatable bonds is 5. The first-order valence-corrected chi connectivity index (χ1v) is 12.0. The monoisotopic (exact) mass is 509 g/mol. The summed E-state index contributed by atoms with van der Waals surface area (Å²) < 4.78 is 42.1. The third-order valence-corrected chi connectivity index (χ3v) is 7.41. The Kier molecular flexibility index (Phi) is 6.05. The third-order valence-electron chi connectivity index (χ3n) is 7.41. The van der Waals surface area contributed by atoms with Crippen LogP contribution in [0.15, 0.2) is 72.1 Å². The smallest absolute Gasteiger partial charge is 0.369 e. The van der Waals surface area contributed by atoms with Crippen molar-refractivity contribution in [3.05, 3.63) is 88.9 Å². The summed E-state index contributed by atoms with van der Waals surface area (Å²) in [5, 5.41) is 0. The second-order valence-electron chi connectivity index (χ2n) is 9.51. The number of aromatic nitrogens is 2. The molecule has 4 N–H and O–H groups in total. The molecule has 2 aromatic heterocycles. The van der Waals surface area contributed by atoms with Gasteiger partial charge in [-0.25, -0.2) is 9.78 Å². The predicted molar refractivity (Wildman–Crippen MR) is 132 cm³/mol. The Hall–Kier alpha value is -4.08. The summed E-state index contributed by atoms with van der Waals surface area (Å²) in [6.07, 6.45) is 2.44. The number of allylic oxidation sites excluding steroid dienone is 2. The summed E-state index contributed by atoms with van der Waals surface area (Å²) in [6, 6.07) is 10.2. The fraction of sp³-hybridized carbons (Fsp3) is 0.296. The van der Waals surface area contributed by atoms with E-state index < -0.39 is 29.1 Å². The third kappa shape index (κ3) is 4.47. The summed E-state index contributed by atoms with van der Waals surface area (Å²) >= 11 is 0. The number of carbonyl (C=O) groups excluding carboxylic acids is 2. The molecule has 10 heteroatoms. The number of nitrogens with two attached hydrogens (primary N) is 2. The lowest BCUT2D eigenvalue weighted by molar-refractivity contribution is -0.137. The number of hydrogen-bond acceptors (Lipinski definition) is 3. The summed E-state index contributed by atoms with van der Waals surface area (Å²) in [6.45, 7) is 0.390. The van der Waals surface area contributed by atoms with E-state index in [1.807, 2.05) is 41.1 Å². The lowest BCUT2D eigenvalue weighted by atomic mass is 9.64. The number of carbonyl (C=O) groups is 2. The molecular formula is C27H26F3N5O2. The molecule has 3 heterocycles. The van der Waals surface area contributed by atoms with E-state index in [0.29, 0.717) is 42.5 Å². The zero-order valence-electron chi connectivity index (χ0n) is 20.0. The predicted octanol–water partition coefficient (Wildman–Crippen LogP) is 4.33. The van der Waals surface area contributed by atoms with E-state index in [4.69, 9.17) is 11.5 Å². The Bertz CT molecular complexity index is 1420. The van der Waals surface area contributed by atoms with Crippen LogP contribution in [-0.2, 0) is 17.4 Å². The van der Waals surface area contributed by atoms with Gasteiger partial charge in [0.05, 0.1) is 16.7 Å². The number of urea groups is 1. The van der Waals surface area contributed by atoms with Crippen LogP contribution >= 0.6 is 0 Å². The molecule has 37 heavy (non-hydrogen) atoms. The zero-order chi connectivity index (χ0) is 26.4. The molecule has 1 aromatic carbocycles. The molecule has 3 amide bonds. The Morgan fingerprint density at radius 1 is 1.11 bits per heavy atom. The minimum Gasteiger partial charge on any atom is -0.369 e. The molecule has 1 aliphatic carbocycles. The van der Waals surface area contributed by atoms with E-state index in [9.17, 15) is 22.8 Å². The molecule has 0 fully saturated rings. The minimum atomic E-state index is -4.48. The lowest BCUT2D eigenvalue weighted by Gasteiger charge is -2.43. The molecule has 1 aliphatic heterocycles. The molecule has 1 unspecified atom stereocenters. The minimum absolute atomic E-state index is 0.0923. The van der Waals surface area contributed by atoms with Crippen molar-refractivity contribution in [2.45, 2.75) is 31.9 Å². The number of pyridine rings is 1. The second-order valence-corrected chi connectivity index (χ2v) is 9.51. The van der Waals surface area contributed by atoms with Crippen LogP contribution in [-0.4, -0.2) is 39.3 Å². The SMILES string of the molecule is NC(=O)N1CCC2=C(C1)C(CCc1cn3ccccc3n1)(C(N)=O)CC=C2c1cccc(C(F)(F)F)c1. The van der Waals surface area contributed by atoms with Crippen molar-refractivity contribution in [2.24, 2.45) is 16.9 Å². The van der Waals surface area contributed by atoms with Crippen LogP contribution in [0.1, 0.15) is 36.1 Å². The normalized spacial score (nSPS) is 20.1.